The van der Waals surface area contributed by atoms with Gasteiger partial charge in [0.15, 0.2) is 0 Å². The van der Waals surface area contributed by atoms with Crippen molar-refractivity contribution in [1.29, 1.82) is 0 Å². The van der Waals surface area contributed by atoms with Crippen LogP contribution in [0.2, 0.25) is 0 Å². The Bertz CT molecular complexity index is 468. The van der Waals surface area contributed by atoms with Crippen LogP contribution in [0.25, 0.3) is 0 Å². The number of benzene rings is 1. The fraction of sp³-hybridized carbons (Fsp3) is 0.562. The van der Waals surface area contributed by atoms with Gasteiger partial charge in [-0.05, 0) is 42.4 Å². The van der Waals surface area contributed by atoms with Crippen LogP contribution in [0.1, 0.15) is 32.3 Å². The summed E-state index contributed by atoms with van der Waals surface area (Å²) in [6, 6.07) is 8.45. The van der Waals surface area contributed by atoms with E-state index in [1.165, 1.54) is 11.3 Å². The van der Waals surface area contributed by atoms with Gasteiger partial charge in [-0.1, -0.05) is 26.0 Å². The number of hydrogen-bond acceptors (Lipinski definition) is 2. The first-order valence-corrected chi connectivity index (χ1v) is 6.92. The summed E-state index contributed by atoms with van der Waals surface area (Å²) < 4.78 is 0. The zero-order valence-electron chi connectivity index (χ0n) is 12.0. The van der Waals surface area contributed by atoms with Crippen LogP contribution in [-0.2, 0) is 4.79 Å². The number of carboxylic acid groups (broad SMARTS) is 1. The minimum absolute atomic E-state index is 0.110. The maximum Gasteiger partial charge on any atom is 0.303 e. The Balaban J connectivity index is 2.15. The number of anilines is 1. The molecule has 1 aliphatic heterocycles. The molecule has 0 aliphatic carbocycles. The fourth-order valence-electron chi connectivity index (χ4n) is 2.84. The predicted octanol–water partition coefficient (Wildman–Crippen LogP) is 3.32. The molecule has 0 spiro atoms. The minimum Gasteiger partial charge on any atom is -0.481 e. The van der Waals surface area contributed by atoms with Crippen LogP contribution in [-0.4, -0.2) is 24.2 Å². The number of piperidine rings is 1. The normalized spacial score (nSPS) is 22.3. The van der Waals surface area contributed by atoms with E-state index in [0.717, 1.165) is 19.5 Å². The molecule has 3 nitrogen and oxygen atoms in total. The molecule has 1 aromatic rings. The van der Waals surface area contributed by atoms with E-state index in [9.17, 15) is 4.79 Å². The van der Waals surface area contributed by atoms with Crippen LogP contribution in [0.5, 0.6) is 0 Å². The quantitative estimate of drug-likeness (QED) is 0.907. The summed E-state index contributed by atoms with van der Waals surface area (Å²) in [7, 11) is 0. The van der Waals surface area contributed by atoms with Gasteiger partial charge in [-0.15, -0.1) is 0 Å². The van der Waals surface area contributed by atoms with E-state index in [1.54, 1.807) is 0 Å². The number of nitrogens with zero attached hydrogens (tertiary/aromatic N) is 1. The first-order valence-electron chi connectivity index (χ1n) is 6.92. The monoisotopic (exact) mass is 261 g/mol. The van der Waals surface area contributed by atoms with E-state index in [2.05, 4.69) is 49.9 Å². The molecule has 19 heavy (non-hydrogen) atoms. The Hall–Kier alpha value is -1.51. The van der Waals surface area contributed by atoms with Crippen LogP contribution in [0.3, 0.4) is 0 Å². The summed E-state index contributed by atoms with van der Waals surface area (Å²) in [6.07, 6.45) is 1.30. The van der Waals surface area contributed by atoms with Gasteiger partial charge >= 0.3 is 5.97 Å². The molecule has 1 heterocycles. The molecule has 0 radical (unpaired) electrons. The van der Waals surface area contributed by atoms with Crippen molar-refractivity contribution in [3.8, 4) is 0 Å². The summed E-state index contributed by atoms with van der Waals surface area (Å²) in [5, 5.41) is 9.08. The van der Waals surface area contributed by atoms with Crippen LogP contribution in [0, 0.1) is 18.3 Å². The topological polar surface area (TPSA) is 40.5 Å². The largest absolute Gasteiger partial charge is 0.481 e. The summed E-state index contributed by atoms with van der Waals surface area (Å²) in [6.45, 7) is 8.31. The highest BCUT2D eigenvalue weighted by Crippen LogP contribution is 2.39. The van der Waals surface area contributed by atoms with Gasteiger partial charge in [-0.2, -0.15) is 0 Å². The lowest BCUT2D eigenvalue weighted by molar-refractivity contribution is -0.139. The Morgan fingerprint density at radius 3 is 2.84 bits per heavy atom. The van der Waals surface area contributed by atoms with Gasteiger partial charge in [0.25, 0.3) is 0 Å². The first-order chi connectivity index (χ1) is 8.88. The van der Waals surface area contributed by atoms with Gasteiger partial charge in [0.1, 0.15) is 0 Å². The molecule has 1 aliphatic rings. The lowest BCUT2D eigenvalue weighted by Gasteiger charge is -2.44. The van der Waals surface area contributed by atoms with Gasteiger partial charge in [0, 0.05) is 18.8 Å². The smallest absolute Gasteiger partial charge is 0.303 e. The molecule has 1 atom stereocenters. The van der Waals surface area contributed by atoms with Crippen LogP contribution in [0.15, 0.2) is 24.3 Å². The van der Waals surface area contributed by atoms with Gasteiger partial charge in [0.2, 0.25) is 0 Å². The third kappa shape index (κ3) is 3.28. The highest BCUT2D eigenvalue weighted by Gasteiger charge is 2.36. The van der Waals surface area contributed by atoms with Gasteiger partial charge < -0.3 is 10.0 Å². The second kappa shape index (κ2) is 5.24. The van der Waals surface area contributed by atoms with Crippen LogP contribution >= 0.6 is 0 Å². The number of carbonyl (C=O) groups is 1. The molecule has 2 rings (SSSR count). The number of carboxylic acids is 1. The molecular weight excluding hydrogens is 238 g/mol. The SMILES string of the molecule is Cc1cccc(N2CCC(C)(C)C(CC(=O)O)C2)c1. The van der Waals surface area contributed by atoms with Crippen molar-refractivity contribution < 1.29 is 9.90 Å². The third-order valence-electron chi connectivity index (χ3n) is 4.36. The third-order valence-corrected chi connectivity index (χ3v) is 4.36. The second-order valence-electron chi connectivity index (χ2n) is 6.32. The van der Waals surface area contributed by atoms with E-state index in [4.69, 9.17) is 5.11 Å². The summed E-state index contributed by atoms with van der Waals surface area (Å²) >= 11 is 0. The fourth-order valence-corrected chi connectivity index (χ4v) is 2.84. The highest BCUT2D eigenvalue weighted by molar-refractivity contribution is 5.67. The second-order valence-corrected chi connectivity index (χ2v) is 6.32. The molecule has 0 saturated carbocycles. The summed E-state index contributed by atoms with van der Waals surface area (Å²) in [4.78, 5) is 13.4. The highest BCUT2D eigenvalue weighted by atomic mass is 16.4. The molecule has 1 aromatic carbocycles. The van der Waals surface area contributed by atoms with Crippen molar-refractivity contribution in [2.24, 2.45) is 11.3 Å². The van der Waals surface area contributed by atoms with Crippen molar-refractivity contribution in [3.05, 3.63) is 29.8 Å². The maximum atomic E-state index is 11.0. The summed E-state index contributed by atoms with van der Waals surface area (Å²) in [5.41, 5.74) is 2.57. The molecule has 1 N–H and O–H groups in total. The van der Waals surface area contributed by atoms with Crippen molar-refractivity contribution in [3.63, 3.8) is 0 Å². The van der Waals surface area contributed by atoms with Crippen molar-refractivity contribution in [1.82, 2.24) is 0 Å². The standard InChI is InChI=1S/C16H23NO2/c1-12-5-4-6-14(9-12)17-8-7-16(2,3)13(11-17)10-15(18)19/h4-6,9,13H,7-8,10-11H2,1-3H3,(H,18,19). The predicted molar refractivity (Wildman–Crippen MR) is 77.5 cm³/mol. The summed E-state index contributed by atoms with van der Waals surface area (Å²) in [5.74, 6) is -0.483. The van der Waals surface area contributed by atoms with E-state index in [-0.39, 0.29) is 17.8 Å². The molecular formula is C16H23NO2. The van der Waals surface area contributed by atoms with E-state index >= 15 is 0 Å². The number of aliphatic carboxylic acids is 1. The minimum atomic E-state index is -0.691. The Morgan fingerprint density at radius 2 is 2.21 bits per heavy atom. The number of aryl methyl sites for hydroxylation is 1. The van der Waals surface area contributed by atoms with Crippen molar-refractivity contribution in [2.75, 3.05) is 18.0 Å². The Kier molecular flexibility index (Phi) is 3.83. The van der Waals surface area contributed by atoms with Crippen molar-refractivity contribution in [2.45, 2.75) is 33.6 Å². The van der Waals surface area contributed by atoms with Crippen LogP contribution in [0.4, 0.5) is 5.69 Å². The van der Waals surface area contributed by atoms with E-state index in [1.807, 2.05) is 0 Å². The molecule has 3 heteroatoms. The molecule has 1 unspecified atom stereocenters. The zero-order valence-corrected chi connectivity index (χ0v) is 12.0. The number of rotatable bonds is 3. The van der Waals surface area contributed by atoms with Gasteiger partial charge in [-0.25, -0.2) is 0 Å². The zero-order chi connectivity index (χ0) is 14.0. The van der Waals surface area contributed by atoms with Crippen molar-refractivity contribution >= 4 is 11.7 Å². The molecule has 104 valence electrons. The Morgan fingerprint density at radius 1 is 1.47 bits per heavy atom. The first kappa shape index (κ1) is 13.9. The van der Waals surface area contributed by atoms with E-state index < -0.39 is 5.97 Å². The Labute approximate surface area is 115 Å². The van der Waals surface area contributed by atoms with Gasteiger partial charge in [-0.3, -0.25) is 4.79 Å². The lowest BCUT2D eigenvalue weighted by atomic mass is 9.72. The lowest BCUT2D eigenvalue weighted by Crippen LogP contribution is -2.45. The molecule has 0 amide bonds. The average Bonchev–Trinajstić information content (AvgIpc) is 2.31. The molecule has 0 bridgehead atoms. The molecule has 1 fully saturated rings. The number of hydrogen-bond donors (Lipinski definition) is 1. The van der Waals surface area contributed by atoms with Gasteiger partial charge in [0.05, 0.1) is 6.42 Å². The molecule has 1 saturated heterocycles. The maximum absolute atomic E-state index is 11.0. The molecule has 0 aromatic heterocycles. The van der Waals surface area contributed by atoms with E-state index in [0.29, 0.717) is 0 Å². The van der Waals surface area contributed by atoms with Crippen LogP contribution < -0.4 is 4.90 Å². The average molecular weight is 261 g/mol.